The molecule has 0 saturated carbocycles. The third kappa shape index (κ3) is 2.76. The molecule has 4 heteroatoms. The first-order chi connectivity index (χ1) is 10.8. The van der Waals surface area contributed by atoms with E-state index in [9.17, 15) is 0 Å². The largest absolute Gasteiger partial charge is 0.497 e. The van der Waals surface area contributed by atoms with Gasteiger partial charge in [0.05, 0.1) is 19.9 Å². The normalized spacial score (nSPS) is 11.0. The van der Waals surface area contributed by atoms with Gasteiger partial charge in [0.25, 0.3) is 0 Å². The molecule has 0 aliphatic rings. The number of fused-ring (bicyclic) bond motifs is 1. The van der Waals surface area contributed by atoms with Gasteiger partial charge in [-0.2, -0.15) is 5.11 Å². The van der Waals surface area contributed by atoms with Gasteiger partial charge in [-0.05, 0) is 35.7 Å². The third-order valence-corrected chi connectivity index (χ3v) is 3.41. The molecule has 0 heterocycles. The Morgan fingerprint density at radius 2 is 1.50 bits per heavy atom. The summed E-state index contributed by atoms with van der Waals surface area (Å²) in [4.78, 5) is 0. The molecular formula is C18H16N2O2. The summed E-state index contributed by atoms with van der Waals surface area (Å²) >= 11 is 0. The Morgan fingerprint density at radius 1 is 0.727 bits per heavy atom. The van der Waals surface area contributed by atoms with Gasteiger partial charge < -0.3 is 9.47 Å². The number of methoxy groups -OCH3 is 2. The Hall–Kier alpha value is -2.88. The second kappa shape index (κ2) is 6.26. The van der Waals surface area contributed by atoms with Crippen molar-refractivity contribution in [2.45, 2.75) is 0 Å². The summed E-state index contributed by atoms with van der Waals surface area (Å²) in [5, 5.41) is 10.7. The number of nitrogens with zero attached hydrogens (tertiary/aromatic N) is 2. The Labute approximate surface area is 129 Å². The molecule has 0 atom stereocenters. The van der Waals surface area contributed by atoms with Crippen molar-refractivity contribution in [1.29, 1.82) is 0 Å². The second-order valence-corrected chi connectivity index (χ2v) is 4.74. The molecule has 0 aliphatic heterocycles. The average molecular weight is 292 g/mol. The fraction of sp³-hybridized carbons (Fsp3) is 0.111. The minimum atomic E-state index is 0.706. The van der Waals surface area contributed by atoms with E-state index in [1.807, 2.05) is 60.7 Å². The van der Waals surface area contributed by atoms with Crippen molar-refractivity contribution in [1.82, 2.24) is 0 Å². The summed E-state index contributed by atoms with van der Waals surface area (Å²) in [6.45, 7) is 0. The number of hydrogen-bond donors (Lipinski definition) is 0. The molecule has 0 aliphatic carbocycles. The number of benzene rings is 3. The van der Waals surface area contributed by atoms with Gasteiger partial charge in [-0.25, -0.2) is 0 Å². The molecule has 110 valence electrons. The molecule has 0 spiro atoms. The van der Waals surface area contributed by atoms with E-state index in [1.165, 1.54) is 0 Å². The SMILES string of the molecule is COc1ccc(N=Nc2ccc3ccccc3c2OC)cc1. The fourth-order valence-electron chi connectivity index (χ4n) is 2.29. The van der Waals surface area contributed by atoms with Crippen LogP contribution in [0.15, 0.2) is 70.9 Å². The van der Waals surface area contributed by atoms with E-state index in [0.717, 1.165) is 28.0 Å². The maximum atomic E-state index is 5.51. The molecule has 3 rings (SSSR count). The maximum Gasteiger partial charge on any atom is 0.154 e. The van der Waals surface area contributed by atoms with Crippen molar-refractivity contribution in [3.63, 3.8) is 0 Å². The highest BCUT2D eigenvalue weighted by atomic mass is 16.5. The fourth-order valence-corrected chi connectivity index (χ4v) is 2.29. The molecule has 0 radical (unpaired) electrons. The zero-order chi connectivity index (χ0) is 15.4. The Morgan fingerprint density at radius 3 is 2.23 bits per heavy atom. The van der Waals surface area contributed by atoms with Gasteiger partial charge >= 0.3 is 0 Å². The highest BCUT2D eigenvalue weighted by Gasteiger charge is 2.07. The molecule has 0 aromatic heterocycles. The van der Waals surface area contributed by atoms with Crippen LogP contribution in [-0.4, -0.2) is 14.2 Å². The van der Waals surface area contributed by atoms with E-state index in [4.69, 9.17) is 9.47 Å². The molecule has 3 aromatic rings. The van der Waals surface area contributed by atoms with Gasteiger partial charge in [0.1, 0.15) is 11.4 Å². The topological polar surface area (TPSA) is 43.2 Å². The average Bonchev–Trinajstić information content (AvgIpc) is 2.59. The zero-order valence-corrected chi connectivity index (χ0v) is 12.5. The Bertz CT molecular complexity index is 811. The van der Waals surface area contributed by atoms with Crippen LogP contribution in [0.25, 0.3) is 10.8 Å². The summed E-state index contributed by atoms with van der Waals surface area (Å²) in [5.41, 5.74) is 1.47. The number of azo groups is 1. The first-order valence-electron chi connectivity index (χ1n) is 6.93. The molecule has 0 amide bonds. The lowest BCUT2D eigenvalue weighted by Gasteiger charge is -2.07. The van der Waals surface area contributed by atoms with Gasteiger partial charge in [-0.15, -0.1) is 5.11 Å². The van der Waals surface area contributed by atoms with Gasteiger partial charge in [0, 0.05) is 5.39 Å². The van der Waals surface area contributed by atoms with Crippen LogP contribution in [-0.2, 0) is 0 Å². The quantitative estimate of drug-likeness (QED) is 0.614. The lowest BCUT2D eigenvalue weighted by atomic mass is 10.1. The minimum absolute atomic E-state index is 0.706. The summed E-state index contributed by atoms with van der Waals surface area (Å²) in [6.07, 6.45) is 0. The maximum absolute atomic E-state index is 5.51. The van der Waals surface area contributed by atoms with Crippen LogP contribution in [0.1, 0.15) is 0 Å². The molecule has 4 nitrogen and oxygen atoms in total. The van der Waals surface area contributed by atoms with Crippen LogP contribution in [0.5, 0.6) is 11.5 Å². The Kier molecular flexibility index (Phi) is 4.01. The highest BCUT2D eigenvalue weighted by molar-refractivity contribution is 5.92. The third-order valence-electron chi connectivity index (χ3n) is 3.41. The van der Waals surface area contributed by atoms with E-state index in [0.29, 0.717) is 5.69 Å². The van der Waals surface area contributed by atoms with Gasteiger partial charge in [-0.1, -0.05) is 30.3 Å². The number of ether oxygens (including phenoxy) is 2. The number of rotatable bonds is 4. The van der Waals surface area contributed by atoms with Gasteiger partial charge in [0.2, 0.25) is 0 Å². The highest BCUT2D eigenvalue weighted by Crippen LogP contribution is 2.36. The van der Waals surface area contributed by atoms with Crippen LogP contribution in [0.4, 0.5) is 11.4 Å². The molecule has 22 heavy (non-hydrogen) atoms. The van der Waals surface area contributed by atoms with Crippen LogP contribution in [0, 0.1) is 0 Å². The number of hydrogen-bond acceptors (Lipinski definition) is 4. The summed E-state index contributed by atoms with van der Waals surface area (Å²) in [6, 6.07) is 19.4. The zero-order valence-electron chi connectivity index (χ0n) is 12.5. The predicted octanol–water partition coefficient (Wildman–Crippen LogP) is 5.27. The van der Waals surface area contributed by atoms with E-state index in [1.54, 1.807) is 14.2 Å². The molecule has 0 bridgehead atoms. The molecule has 3 aromatic carbocycles. The van der Waals surface area contributed by atoms with Crippen molar-refractivity contribution in [3.05, 3.63) is 60.7 Å². The molecule has 0 fully saturated rings. The van der Waals surface area contributed by atoms with Crippen molar-refractivity contribution in [2.24, 2.45) is 10.2 Å². The van der Waals surface area contributed by atoms with Crippen LogP contribution in [0.3, 0.4) is 0 Å². The van der Waals surface area contributed by atoms with Crippen molar-refractivity contribution < 1.29 is 9.47 Å². The smallest absolute Gasteiger partial charge is 0.154 e. The minimum Gasteiger partial charge on any atom is -0.497 e. The van der Waals surface area contributed by atoms with E-state index < -0.39 is 0 Å². The monoisotopic (exact) mass is 292 g/mol. The van der Waals surface area contributed by atoms with Crippen LogP contribution < -0.4 is 9.47 Å². The standard InChI is InChI=1S/C18H16N2O2/c1-21-15-10-8-14(9-11-15)19-20-17-12-7-13-5-3-4-6-16(13)18(17)22-2/h3-12H,1-2H3. The van der Waals surface area contributed by atoms with Crippen LogP contribution >= 0.6 is 0 Å². The lowest BCUT2D eigenvalue weighted by molar-refractivity contribution is 0.415. The van der Waals surface area contributed by atoms with Crippen molar-refractivity contribution in [3.8, 4) is 11.5 Å². The molecule has 0 unspecified atom stereocenters. The van der Waals surface area contributed by atoms with Gasteiger partial charge in [0.15, 0.2) is 5.75 Å². The molecular weight excluding hydrogens is 276 g/mol. The lowest BCUT2D eigenvalue weighted by Crippen LogP contribution is -1.85. The van der Waals surface area contributed by atoms with Gasteiger partial charge in [-0.3, -0.25) is 0 Å². The van der Waals surface area contributed by atoms with Crippen molar-refractivity contribution in [2.75, 3.05) is 14.2 Å². The van der Waals surface area contributed by atoms with E-state index >= 15 is 0 Å². The summed E-state index contributed by atoms with van der Waals surface area (Å²) in [5.74, 6) is 1.53. The summed E-state index contributed by atoms with van der Waals surface area (Å²) < 4.78 is 10.6. The second-order valence-electron chi connectivity index (χ2n) is 4.74. The summed E-state index contributed by atoms with van der Waals surface area (Å²) in [7, 11) is 3.28. The first-order valence-corrected chi connectivity index (χ1v) is 6.93. The van der Waals surface area contributed by atoms with Crippen molar-refractivity contribution >= 4 is 22.1 Å². The molecule has 0 N–H and O–H groups in total. The van der Waals surface area contributed by atoms with E-state index in [-0.39, 0.29) is 0 Å². The first kappa shape index (κ1) is 14.1. The molecule has 0 saturated heterocycles. The van der Waals surface area contributed by atoms with E-state index in [2.05, 4.69) is 10.2 Å². The Balaban J connectivity index is 1.97. The van der Waals surface area contributed by atoms with Crippen LogP contribution in [0.2, 0.25) is 0 Å². The predicted molar refractivity (Wildman–Crippen MR) is 87.7 cm³/mol.